The van der Waals surface area contributed by atoms with Crippen LogP contribution in [-0.2, 0) is 13.0 Å². The van der Waals surface area contributed by atoms with Gasteiger partial charge in [-0.25, -0.2) is 4.68 Å². The molecule has 2 aliphatic heterocycles. The highest BCUT2D eigenvalue weighted by molar-refractivity contribution is 6.04. The fraction of sp³-hybridized carbons (Fsp3) is 0.375. The average Bonchev–Trinajstić information content (AvgIpc) is 3.44. The Morgan fingerprint density at radius 2 is 2.03 bits per heavy atom. The molecule has 1 fully saturated rings. The SMILES string of the molecule is Cc1ccccc1Cn1nnc(C(=O)Nc2cccc3c2CCO3)c1C1CCNCC1. The Morgan fingerprint density at radius 1 is 1.19 bits per heavy atom. The molecule has 7 heteroatoms. The number of carbonyl (C=O) groups is 1. The van der Waals surface area contributed by atoms with Crippen molar-refractivity contribution in [2.24, 2.45) is 0 Å². The molecule has 0 unspecified atom stereocenters. The Kier molecular flexibility index (Phi) is 5.42. The average molecular weight is 418 g/mol. The molecule has 2 N–H and O–H groups in total. The van der Waals surface area contributed by atoms with E-state index in [1.165, 1.54) is 11.1 Å². The van der Waals surface area contributed by atoms with E-state index in [0.717, 1.165) is 55.0 Å². The van der Waals surface area contributed by atoms with Crippen molar-refractivity contribution in [3.8, 4) is 5.75 Å². The second-order valence-corrected chi connectivity index (χ2v) is 8.27. The van der Waals surface area contributed by atoms with Gasteiger partial charge in [0.2, 0.25) is 0 Å². The van der Waals surface area contributed by atoms with Crippen LogP contribution in [0.25, 0.3) is 0 Å². The summed E-state index contributed by atoms with van der Waals surface area (Å²) in [5.74, 6) is 0.898. The van der Waals surface area contributed by atoms with Gasteiger partial charge in [0.05, 0.1) is 18.8 Å². The number of piperidine rings is 1. The van der Waals surface area contributed by atoms with E-state index in [-0.39, 0.29) is 11.8 Å². The number of nitrogens with zero attached hydrogens (tertiary/aromatic N) is 3. The molecular weight excluding hydrogens is 390 g/mol. The third-order valence-electron chi connectivity index (χ3n) is 6.29. The van der Waals surface area contributed by atoms with E-state index < -0.39 is 0 Å². The molecule has 2 aromatic carbocycles. The molecule has 0 aliphatic carbocycles. The maximum Gasteiger partial charge on any atom is 0.278 e. The fourth-order valence-electron chi connectivity index (χ4n) is 4.57. The minimum Gasteiger partial charge on any atom is -0.493 e. The molecule has 0 spiro atoms. The number of aromatic nitrogens is 3. The molecular formula is C24H27N5O2. The van der Waals surface area contributed by atoms with Gasteiger partial charge in [-0.15, -0.1) is 5.10 Å². The summed E-state index contributed by atoms with van der Waals surface area (Å²) in [6.45, 7) is 5.23. The molecule has 1 saturated heterocycles. The zero-order valence-electron chi connectivity index (χ0n) is 17.7. The van der Waals surface area contributed by atoms with E-state index in [9.17, 15) is 4.79 Å². The third-order valence-corrected chi connectivity index (χ3v) is 6.29. The lowest BCUT2D eigenvalue weighted by molar-refractivity contribution is 0.102. The van der Waals surface area contributed by atoms with E-state index >= 15 is 0 Å². The molecule has 0 atom stereocenters. The van der Waals surface area contributed by atoms with Gasteiger partial charge in [0.1, 0.15) is 5.75 Å². The summed E-state index contributed by atoms with van der Waals surface area (Å²) >= 11 is 0. The molecule has 7 nitrogen and oxygen atoms in total. The Hall–Kier alpha value is -3.19. The van der Waals surface area contributed by atoms with Gasteiger partial charge in [-0.2, -0.15) is 0 Å². The number of amides is 1. The van der Waals surface area contributed by atoms with Crippen LogP contribution in [-0.4, -0.2) is 40.6 Å². The Labute approximate surface area is 181 Å². The molecule has 1 aromatic heterocycles. The highest BCUT2D eigenvalue weighted by Gasteiger charge is 2.29. The Balaban J connectivity index is 1.48. The number of nitrogens with one attached hydrogen (secondary N) is 2. The van der Waals surface area contributed by atoms with Crippen molar-refractivity contribution in [3.05, 3.63) is 70.5 Å². The van der Waals surface area contributed by atoms with Gasteiger partial charge in [0.15, 0.2) is 5.69 Å². The van der Waals surface area contributed by atoms with Crippen molar-refractivity contribution >= 4 is 11.6 Å². The lowest BCUT2D eigenvalue weighted by atomic mass is 9.92. The van der Waals surface area contributed by atoms with Gasteiger partial charge < -0.3 is 15.4 Å². The highest BCUT2D eigenvalue weighted by Crippen LogP contribution is 2.33. The molecule has 0 saturated carbocycles. The summed E-state index contributed by atoms with van der Waals surface area (Å²) < 4.78 is 7.56. The number of carbonyl (C=O) groups excluding carboxylic acids is 1. The first kappa shape index (κ1) is 19.8. The number of ether oxygens (including phenoxy) is 1. The normalized spacial score (nSPS) is 16.0. The van der Waals surface area contributed by atoms with Gasteiger partial charge in [-0.3, -0.25) is 4.79 Å². The molecule has 2 aliphatic rings. The second-order valence-electron chi connectivity index (χ2n) is 8.27. The van der Waals surface area contributed by atoms with Gasteiger partial charge >= 0.3 is 0 Å². The van der Waals surface area contributed by atoms with E-state index in [2.05, 4.69) is 40.0 Å². The van der Waals surface area contributed by atoms with Crippen LogP contribution in [0.15, 0.2) is 42.5 Å². The smallest absolute Gasteiger partial charge is 0.278 e. The van der Waals surface area contributed by atoms with Crippen LogP contribution in [0.5, 0.6) is 5.75 Å². The quantitative estimate of drug-likeness (QED) is 0.666. The molecule has 5 rings (SSSR count). The number of hydrogen-bond acceptors (Lipinski definition) is 5. The summed E-state index contributed by atoms with van der Waals surface area (Å²) in [5, 5.41) is 15.3. The Morgan fingerprint density at radius 3 is 2.87 bits per heavy atom. The zero-order chi connectivity index (χ0) is 21.2. The number of hydrogen-bond donors (Lipinski definition) is 2. The lowest BCUT2D eigenvalue weighted by Crippen LogP contribution is -2.29. The van der Waals surface area contributed by atoms with E-state index in [1.54, 1.807) is 0 Å². The van der Waals surface area contributed by atoms with Gasteiger partial charge in [-0.05, 0) is 56.1 Å². The Bertz CT molecular complexity index is 1100. The third kappa shape index (κ3) is 3.93. The van der Waals surface area contributed by atoms with Gasteiger partial charge in [-0.1, -0.05) is 35.5 Å². The molecule has 160 valence electrons. The predicted octanol–water partition coefficient (Wildman–Crippen LogP) is 3.29. The number of aryl methyl sites for hydroxylation is 1. The summed E-state index contributed by atoms with van der Waals surface area (Å²) in [6, 6.07) is 14.1. The maximum absolute atomic E-state index is 13.3. The van der Waals surface area contributed by atoms with Gasteiger partial charge in [0.25, 0.3) is 5.91 Å². The first-order chi connectivity index (χ1) is 15.2. The van der Waals surface area contributed by atoms with Crippen molar-refractivity contribution in [3.63, 3.8) is 0 Å². The maximum atomic E-state index is 13.3. The van der Waals surface area contributed by atoms with E-state index in [4.69, 9.17) is 4.74 Å². The van der Waals surface area contributed by atoms with Crippen molar-refractivity contribution in [2.45, 2.75) is 38.6 Å². The minimum atomic E-state index is -0.204. The van der Waals surface area contributed by atoms with Crippen molar-refractivity contribution in [1.29, 1.82) is 0 Å². The van der Waals surface area contributed by atoms with E-state index in [1.807, 2.05) is 35.0 Å². The first-order valence-corrected chi connectivity index (χ1v) is 11.0. The van der Waals surface area contributed by atoms with Crippen LogP contribution in [0.2, 0.25) is 0 Å². The molecule has 0 bridgehead atoms. The number of benzene rings is 2. The standard InChI is InChI=1S/C24H27N5O2/c1-16-5-2-3-6-18(16)15-29-23(17-9-12-25-13-10-17)22(27-28-29)24(30)26-20-7-4-8-21-19(20)11-14-31-21/h2-8,17,25H,9-15H2,1H3,(H,26,30). The number of rotatable bonds is 5. The summed E-state index contributed by atoms with van der Waals surface area (Å²) in [7, 11) is 0. The zero-order valence-corrected chi connectivity index (χ0v) is 17.7. The molecule has 3 aromatic rings. The summed E-state index contributed by atoms with van der Waals surface area (Å²) in [4.78, 5) is 13.3. The number of anilines is 1. The largest absolute Gasteiger partial charge is 0.493 e. The van der Waals surface area contributed by atoms with Crippen LogP contribution in [0, 0.1) is 6.92 Å². The van der Waals surface area contributed by atoms with Crippen molar-refractivity contribution in [2.75, 3.05) is 25.0 Å². The fourth-order valence-corrected chi connectivity index (χ4v) is 4.57. The summed E-state index contributed by atoms with van der Waals surface area (Å²) in [5.41, 5.74) is 5.60. The van der Waals surface area contributed by atoms with Crippen LogP contribution < -0.4 is 15.4 Å². The van der Waals surface area contributed by atoms with Crippen LogP contribution in [0.3, 0.4) is 0 Å². The molecule has 0 radical (unpaired) electrons. The van der Waals surface area contributed by atoms with Crippen LogP contribution in [0.1, 0.15) is 51.6 Å². The lowest BCUT2D eigenvalue weighted by Gasteiger charge is -2.24. The molecule has 3 heterocycles. The molecule has 31 heavy (non-hydrogen) atoms. The van der Waals surface area contributed by atoms with E-state index in [0.29, 0.717) is 18.8 Å². The monoisotopic (exact) mass is 417 g/mol. The predicted molar refractivity (Wildman–Crippen MR) is 119 cm³/mol. The van der Waals surface area contributed by atoms with Crippen molar-refractivity contribution < 1.29 is 9.53 Å². The number of fused-ring (bicyclic) bond motifs is 1. The van der Waals surface area contributed by atoms with Crippen LogP contribution in [0.4, 0.5) is 5.69 Å². The van der Waals surface area contributed by atoms with Crippen LogP contribution >= 0.6 is 0 Å². The first-order valence-electron chi connectivity index (χ1n) is 11.0. The highest BCUT2D eigenvalue weighted by atomic mass is 16.5. The van der Waals surface area contributed by atoms with Gasteiger partial charge in [0, 0.05) is 23.6 Å². The van der Waals surface area contributed by atoms with Crippen molar-refractivity contribution in [1.82, 2.24) is 20.3 Å². The second kappa shape index (κ2) is 8.51. The minimum absolute atomic E-state index is 0.204. The topological polar surface area (TPSA) is 81.1 Å². The molecule has 1 amide bonds. The summed E-state index contributed by atoms with van der Waals surface area (Å²) in [6.07, 6.45) is 2.74.